The molecule has 0 aliphatic carbocycles. The van der Waals surface area contributed by atoms with Gasteiger partial charge in [0.2, 0.25) is 10.0 Å². The summed E-state index contributed by atoms with van der Waals surface area (Å²) in [6.45, 7) is 0.912. The number of rotatable bonds is 9. The van der Waals surface area contributed by atoms with Crippen LogP contribution in [0, 0.1) is 0 Å². The molecular weight excluding hydrogens is 370 g/mol. The Morgan fingerprint density at radius 3 is 2.84 bits per heavy atom. The van der Waals surface area contributed by atoms with Crippen molar-refractivity contribution in [3.63, 3.8) is 0 Å². The van der Waals surface area contributed by atoms with Crippen molar-refractivity contribution in [3.8, 4) is 5.75 Å². The van der Waals surface area contributed by atoms with Gasteiger partial charge in [0, 0.05) is 18.7 Å². The largest absolute Gasteiger partial charge is 0.482 e. The van der Waals surface area contributed by atoms with Gasteiger partial charge in [0.05, 0.1) is 12.1 Å². The number of halogens is 1. The molecule has 0 radical (unpaired) electrons. The Kier molecular flexibility index (Phi) is 6.64. The first-order valence-corrected chi connectivity index (χ1v) is 9.58. The number of benzene rings is 1. The Balaban J connectivity index is 2.20. The molecule has 1 aliphatic rings. The Labute approximate surface area is 152 Å². The summed E-state index contributed by atoms with van der Waals surface area (Å²) in [6.07, 6.45) is 1.74. The number of hydrogen-bond acceptors (Lipinski definition) is 6. The van der Waals surface area contributed by atoms with Crippen LogP contribution in [0.15, 0.2) is 23.1 Å². The van der Waals surface area contributed by atoms with Crippen LogP contribution >= 0.6 is 11.6 Å². The van der Waals surface area contributed by atoms with E-state index in [0.717, 1.165) is 19.4 Å². The van der Waals surface area contributed by atoms with E-state index < -0.39 is 28.1 Å². The number of carbonyl (C=O) groups is 1. The summed E-state index contributed by atoms with van der Waals surface area (Å²) in [5, 5.41) is 3.52. The van der Waals surface area contributed by atoms with E-state index >= 15 is 0 Å². The molecule has 8 nitrogen and oxygen atoms in total. The third-order valence-electron chi connectivity index (χ3n) is 3.92. The zero-order valence-electron chi connectivity index (χ0n) is 13.9. The van der Waals surface area contributed by atoms with Crippen molar-refractivity contribution in [2.75, 3.05) is 33.4 Å². The van der Waals surface area contributed by atoms with Crippen molar-refractivity contribution in [2.24, 2.45) is 5.73 Å². The van der Waals surface area contributed by atoms with Gasteiger partial charge in [0.25, 0.3) is 5.91 Å². The molecular formula is C15H22ClN3O5S. The topological polar surface area (TPSA) is 120 Å². The van der Waals surface area contributed by atoms with Crippen LogP contribution in [0.4, 0.5) is 0 Å². The molecule has 1 fully saturated rings. The molecule has 1 aliphatic heterocycles. The minimum Gasteiger partial charge on any atom is -0.482 e. The Bertz CT molecular complexity index is 720. The Morgan fingerprint density at radius 1 is 1.48 bits per heavy atom. The maximum atomic E-state index is 12.7. The van der Waals surface area contributed by atoms with Gasteiger partial charge in [0.1, 0.15) is 10.6 Å². The molecule has 4 N–H and O–H groups in total. The Hall–Kier alpha value is -1.39. The molecule has 1 saturated heterocycles. The van der Waals surface area contributed by atoms with E-state index in [2.05, 4.69) is 10.0 Å². The van der Waals surface area contributed by atoms with Gasteiger partial charge in [0.15, 0.2) is 6.61 Å². The molecule has 0 bridgehead atoms. The van der Waals surface area contributed by atoms with Crippen LogP contribution in [0.5, 0.6) is 5.75 Å². The zero-order valence-corrected chi connectivity index (χ0v) is 15.5. The quantitative estimate of drug-likeness (QED) is 0.555. The third kappa shape index (κ3) is 5.29. The average molecular weight is 392 g/mol. The predicted molar refractivity (Wildman–Crippen MR) is 93.2 cm³/mol. The van der Waals surface area contributed by atoms with Crippen LogP contribution in [0.2, 0.25) is 5.02 Å². The number of hydrogen-bond donors (Lipinski definition) is 3. The van der Waals surface area contributed by atoms with Crippen LogP contribution in [0.1, 0.15) is 12.8 Å². The lowest BCUT2D eigenvalue weighted by molar-refractivity contribution is -0.120. The predicted octanol–water partition coefficient (Wildman–Crippen LogP) is 0.251. The van der Waals surface area contributed by atoms with Crippen LogP contribution in [-0.4, -0.2) is 53.3 Å². The van der Waals surface area contributed by atoms with Gasteiger partial charge in [-0.05, 0) is 37.6 Å². The molecule has 1 aromatic carbocycles. The average Bonchev–Trinajstić information content (AvgIpc) is 3.01. The van der Waals surface area contributed by atoms with E-state index in [1.54, 1.807) is 7.11 Å². The van der Waals surface area contributed by atoms with Gasteiger partial charge >= 0.3 is 0 Å². The minimum atomic E-state index is -3.91. The summed E-state index contributed by atoms with van der Waals surface area (Å²) >= 11 is 5.92. The summed E-state index contributed by atoms with van der Waals surface area (Å²) in [6, 6.07) is 4.13. The van der Waals surface area contributed by atoms with Crippen molar-refractivity contribution in [2.45, 2.75) is 23.3 Å². The number of methoxy groups -OCH3 is 1. The lowest BCUT2D eigenvalue weighted by Crippen LogP contribution is -2.52. The fraction of sp³-hybridized carbons (Fsp3) is 0.533. The smallest absolute Gasteiger partial charge is 0.255 e. The van der Waals surface area contributed by atoms with Crippen LogP contribution in [-0.2, 0) is 19.6 Å². The molecule has 0 spiro atoms. The lowest BCUT2D eigenvalue weighted by Gasteiger charge is -2.29. The number of amides is 1. The maximum absolute atomic E-state index is 12.7. The van der Waals surface area contributed by atoms with E-state index in [1.165, 1.54) is 18.2 Å². The first kappa shape index (κ1) is 19.9. The van der Waals surface area contributed by atoms with Crippen LogP contribution in [0.25, 0.3) is 0 Å². The normalized spacial score (nSPS) is 20.6. The van der Waals surface area contributed by atoms with Crippen molar-refractivity contribution >= 4 is 27.5 Å². The first-order valence-electron chi connectivity index (χ1n) is 7.72. The van der Waals surface area contributed by atoms with Crippen molar-refractivity contribution in [1.29, 1.82) is 0 Å². The first-order chi connectivity index (χ1) is 11.8. The summed E-state index contributed by atoms with van der Waals surface area (Å²) in [4.78, 5) is 10.8. The third-order valence-corrected chi connectivity index (χ3v) is 5.58. The number of carbonyl (C=O) groups excluding carboxylic acids is 1. The molecule has 140 valence electrons. The standard InChI is InChI=1S/C15H22ClN3O5S/c1-23-10-15(5-2-6-18-15)9-19-25(21,22)13-7-11(16)3-4-12(13)24-8-14(17)20/h3-4,7,18-19H,2,5-6,8-10H2,1H3,(H2,17,20). The highest BCUT2D eigenvalue weighted by molar-refractivity contribution is 7.89. The second-order valence-electron chi connectivity index (χ2n) is 5.91. The van der Waals surface area contributed by atoms with Crippen LogP contribution < -0.4 is 20.5 Å². The van der Waals surface area contributed by atoms with Gasteiger partial charge in [-0.15, -0.1) is 0 Å². The second kappa shape index (κ2) is 8.33. The number of nitrogens with one attached hydrogen (secondary N) is 2. The molecule has 1 aromatic rings. The minimum absolute atomic E-state index is 0.0101. The van der Waals surface area contributed by atoms with Gasteiger partial charge in [-0.3, -0.25) is 4.79 Å². The van der Waals surface area contributed by atoms with E-state index in [1.807, 2.05) is 0 Å². The van der Waals surface area contributed by atoms with Gasteiger partial charge < -0.3 is 20.5 Å². The highest BCUT2D eigenvalue weighted by atomic mass is 35.5. The lowest BCUT2D eigenvalue weighted by atomic mass is 9.99. The van der Waals surface area contributed by atoms with Crippen molar-refractivity contribution in [1.82, 2.24) is 10.0 Å². The van der Waals surface area contributed by atoms with Crippen LogP contribution in [0.3, 0.4) is 0 Å². The van der Waals surface area contributed by atoms with E-state index in [4.69, 9.17) is 26.8 Å². The van der Waals surface area contributed by atoms with Gasteiger partial charge in [-0.25, -0.2) is 13.1 Å². The summed E-state index contributed by atoms with van der Waals surface area (Å²) in [7, 11) is -2.34. The van der Waals surface area contributed by atoms with Crippen molar-refractivity contribution in [3.05, 3.63) is 23.2 Å². The highest BCUT2D eigenvalue weighted by Gasteiger charge is 2.35. The molecule has 0 saturated carbocycles. The summed E-state index contributed by atoms with van der Waals surface area (Å²) in [5.41, 5.74) is 4.59. The molecule has 1 amide bonds. The van der Waals surface area contributed by atoms with Crippen molar-refractivity contribution < 1.29 is 22.7 Å². The van der Waals surface area contributed by atoms with Gasteiger partial charge in [-0.1, -0.05) is 11.6 Å². The fourth-order valence-corrected chi connectivity index (χ4v) is 4.27. The second-order valence-corrected chi connectivity index (χ2v) is 8.09. The molecule has 25 heavy (non-hydrogen) atoms. The molecule has 1 unspecified atom stereocenters. The SMILES string of the molecule is COCC1(CNS(=O)(=O)c2cc(Cl)ccc2OCC(N)=O)CCCN1. The van der Waals surface area contributed by atoms with E-state index in [0.29, 0.717) is 6.61 Å². The molecule has 2 rings (SSSR count). The number of primary amides is 1. The number of nitrogens with two attached hydrogens (primary N) is 1. The van der Waals surface area contributed by atoms with E-state index in [9.17, 15) is 13.2 Å². The summed E-state index contributed by atoms with van der Waals surface area (Å²) < 4.78 is 38.4. The van der Waals surface area contributed by atoms with Gasteiger partial charge in [-0.2, -0.15) is 0 Å². The summed E-state index contributed by atoms with van der Waals surface area (Å²) in [5.74, 6) is -0.698. The highest BCUT2D eigenvalue weighted by Crippen LogP contribution is 2.28. The number of ether oxygens (including phenoxy) is 2. The fourth-order valence-electron chi connectivity index (χ4n) is 2.74. The van der Waals surface area contributed by atoms with E-state index in [-0.39, 0.29) is 22.2 Å². The Morgan fingerprint density at radius 2 is 2.24 bits per heavy atom. The monoisotopic (exact) mass is 391 g/mol. The number of sulfonamides is 1. The molecule has 1 heterocycles. The maximum Gasteiger partial charge on any atom is 0.255 e. The molecule has 10 heteroatoms. The molecule has 1 atom stereocenters. The zero-order chi connectivity index (χ0) is 18.5. The molecule has 0 aromatic heterocycles.